The Labute approximate surface area is 199 Å². The minimum absolute atomic E-state index is 0.122. The van der Waals surface area contributed by atoms with Crippen LogP contribution in [0.15, 0.2) is 77.7 Å². The number of amides is 1. The summed E-state index contributed by atoms with van der Waals surface area (Å²) in [7, 11) is -4.25. The van der Waals surface area contributed by atoms with Crippen LogP contribution in [0.1, 0.15) is 15.9 Å². The molecule has 0 radical (unpaired) electrons. The van der Waals surface area contributed by atoms with Gasteiger partial charge in [-0.25, -0.2) is 12.8 Å². The zero-order chi connectivity index (χ0) is 25.2. The summed E-state index contributed by atoms with van der Waals surface area (Å²) in [5, 5.41) is 2.30. The molecule has 0 unspecified atom stereocenters. The molecule has 1 heterocycles. The van der Waals surface area contributed by atoms with E-state index in [4.69, 9.17) is 0 Å². The molecule has 0 spiro atoms. The Balaban J connectivity index is 1.51. The van der Waals surface area contributed by atoms with Gasteiger partial charge in [0.15, 0.2) is 0 Å². The number of rotatable bonds is 5. The molecule has 0 bridgehead atoms. The van der Waals surface area contributed by atoms with Crippen LogP contribution in [0.2, 0.25) is 0 Å². The fourth-order valence-electron chi connectivity index (χ4n) is 3.78. The number of benzene rings is 3. The molecule has 0 aromatic heterocycles. The SMILES string of the molecule is O=C(Nc1cccc(C(F)(F)F)c1)c1ccc(F)c(S(=O)(=O)N2CCN(c3ccccc3)CC2)c1. The van der Waals surface area contributed by atoms with Crippen LogP contribution in [-0.2, 0) is 16.2 Å². The van der Waals surface area contributed by atoms with E-state index in [0.29, 0.717) is 13.1 Å². The van der Waals surface area contributed by atoms with Gasteiger partial charge in [0.1, 0.15) is 10.7 Å². The van der Waals surface area contributed by atoms with E-state index in [1.54, 1.807) is 0 Å². The maximum absolute atomic E-state index is 14.6. The molecule has 184 valence electrons. The van der Waals surface area contributed by atoms with Gasteiger partial charge in [0.25, 0.3) is 5.91 Å². The van der Waals surface area contributed by atoms with E-state index in [9.17, 15) is 30.8 Å². The van der Waals surface area contributed by atoms with Gasteiger partial charge in [0, 0.05) is 43.1 Å². The topological polar surface area (TPSA) is 69.7 Å². The quantitative estimate of drug-likeness (QED) is 0.513. The number of nitrogens with zero attached hydrogens (tertiary/aromatic N) is 2. The Morgan fingerprint density at radius 1 is 0.857 bits per heavy atom. The Bertz CT molecular complexity index is 1320. The van der Waals surface area contributed by atoms with Gasteiger partial charge in [-0.1, -0.05) is 24.3 Å². The molecule has 11 heteroatoms. The van der Waals surface area contributed by atoms with Crippen molar-refractivity contribution < 1.29 is 30.8 Å². The summed E-state index contributed by atoms with van der Waals surface area (Å²) in [4.78, 5) is 14.0. The molecule has 1 N–H and O–H groups in total. The van der Waals surface area contributed by atoms with Crippen LogP contribution in [0.25, 0.3) is 0 Å². The summed E-state index contributed by atoms with van der Waals surface area (Å²) in [6, 6.07) is 16.3. The normalized spacial score (nSPS) is 15.1. The van der Waals surface area contributed by atoms with Crippen molar-refractivity contribution in [3.63, 3.8) is 0 Å². The maximum atomic E-state index is 14.6. The average Bonchev–Trinajstić information content (AvgIpc) is 2.84. The third kappa shape index (κ3) is 5.46. The van der Waals surface area contributed by atoms with E-state index in [1.165, 1.54) is 6.07 Å². The number of sulfonamides is 1. The van der Waals surface area contributed by atoms with E-state index in [-0.39, 0.29) is 24.3 Å². The number of carbonyl (C=O) groups excluding carboxylic acids is 1. The van der Waals surface area contributed by atoms with Crippen LogP contribution in [-0.4, -0.2) is 44.8 Å². The lowest BCUT2D eigenvalue weighted by Gasteiger charge is -2.35. The second kappa shape index (κ2) is 9.67. The number of alkyl halides is 3. The number of para-hydroxylation sites is 1. The number of carbonyl (C=O) groups is 1. The van der Waals surface area contributed by atoms with Gasteiger partial charge >= 0.3 is 6.18 Å². The fraction of sp³-hybridized carbons (Fsp3) is 0.208. The highest BCUT2D eigenvalue weighted by Crippen LogP contribution is 2.31. The smallest absolute Gasteiger partial charge is 0.369 e. The van der Waals surface area contributed by atoms with Crippen molar-refractivity contribution in [2.75, 3.05) is 36.4 Å². The van der Waals surface area contributed by atoms with Crippen molar-refractivity contribution in [3.8, 4) is 0 Å². The Morgan fingerprint density at radius 2 is 1.54 bits per heavy atom. The van der Waals surface area contributed by atoms with Gasteiger partial charge in [-0.15, -0.1) is 0 Å². The summed E-state index contributed by atoms with van der Waals surface area (Å²) < 4.78 is 80.8. The zero-order valence-electron chi connectivity index (χ0n) is 18.3. The summed E-state index contributed by atoms with van der Waals surface area (Å²) in [5.41, 5.74) is -0.336. The second-order valence-electron chi connectivity index (χ2n) is 7.90. The predicted molar refractivity (Wildman–Crippen MR) is 123 cm³/mol. The molecular formula is C24H21F4N3O3S. The third-order valence-corrected chi connectivity index (χ3v) is 7.53. The highest BCUT2D eigenvalue weighted by molar-refractivity contribution is 7.89. The molecule has 3 aromatic carbocycles. The van der Waals surface area contributed by atoms with Crippen LogP contribution in [0.4, 0.5) is 28.9 Å². The van der Waals surface area contributed by atoms with Crippen LogP contribution in [0, 0.1) is 5.82 Å². The number of anilines is 2. The third-order valence-electron chi connectivity index (χ3n) is 5.62. The van der Waals surface area contributed by atoms with Crippen LogP contribution in [0.5, 0.6) is 0 Å². The van der Waals surface area contributed by atoms with Crippen molar-refractivity contribution in [1.29, 1.82) is 0 Å². The van der Waals surface area contributed by atoms with Crippen molar-refractivity contribution in [2.45, 2.75) is 11.1 Å². The van der Waals surface area contributed by atoms with Crippen LogP contribution < -0.4 is 10.2 Å². The van der Waals surface area contributed by atoms with Gasteiger partial charge in [-0.2, -0.15) is 17.5 Å². The van der Waals surface area contributed by atoms with E-state index in [0.717, 1.165) is 46.4 Å². The summed E-state index contributed by atoms with van der Waals surface area (Å²) >= 11 is 0. The van der Waals surface area contributed by atoms with E-state index in [1.807, 2.05) is 35.2 Å². The van der Waals surface area contributed by atoms with Gasteiger partial charge in [0.05, 0.1) is 5.56 Å². The lowest BCUT2D eigenvalue weighted by molar-refractivity contribution is -0.137. The first-order chi connectivity index (χ1) is 16.6. The summed E-state index contributed by atoms with van der Waals surface area (Å²) in [6.07, 6.45) is -4.59. The average molecular weight is 508 g/mol. The lowest BCUT2D eigenvalue weighted by Crippen LogP contribution is -2.48. The van der Waals surface area contributed by atoms with Gasteiger partial charge < -0.3 is 10.2 Å². The largest absolute Gasteiger partial charge is 0.416 e. The minimum atomic E-state index is -4.59. The first-order valence-corrected chi connectivity index (χ1v) is 12.1. The van der Waals surface area contributed by atoms with Crippen molar-refractivity contribution in [2.24, 2.45) is 0 Å². The first kappa shape index (κ1) is 24.7. The zero-order valence-corrected chi connectivity index (χ0v) is 19.1. The highest BCUT2D eigenvalue weighted by Gasteiger charge is 2.32. The van der Waals surface area contributed by atoms with E-state index in [2.05, 4.69) is 5.32 Å². The number of piperazine rings is 1. The molecule has 1 aliphatic heterocycles. The molecule has 1 amide bonds. The van der Waals surface area contributed by atoms with Crippen LogP contribution >= 0.6 is 0 Å². The monoisotopic (exact) mass is 507 g/mol. The molecule has 4 rings (SSSR count). The Morgan fingerprint density at radius 3 is 2.20 bits per heavy atom. The maximum Gasteiger partial charge on any atom is 0.416 e. The van der Waals surface area contributed by atoms with E-state index < -0.39 is 38.4 Å². The van der Waals surface area contributed by atoms with Gasteiger partial charge in [-0.3, -0.25) is 4.79 Å². The van der Waals surface area contributed by atoms with Crippen molar-refractivity contribution in [1.82, 2.24) is 4.31 Å². The van der Waals surface area contributed by atoms with Crippen molar-refractivity contribution in [3.05, 3.63) is 89.7 Å². The van der Waals surface area contributed by atoms with Gasteiger partial charge in [0.2, 0.25) is 10.0 Å². The molecule has 1 fully saturated rings. The first-order valence-electron chi connectivity index (χ1n) is 10.6. The van der Waals surface area contributed by atoms with Crippen molar-refractivity contribution >= 4 is 27.3 Å². The molecule has 1 saturated heterocycles. The molecule has 0 aliphatic carbocycles. The molecule has 35 heavy (non-hydrogen) atoms. The number of halogens is 4. The van der Waals surface area contributed by atoms with Gasteiger partial charge in [-0.05, 0) is 48.5 Å². The minimum Gasteiger partial charge on any atom is -0.369 e. The molecule has 6 nitrogen and oxygen atoms in total. The molecule has 3 aromatic rings. The number of nitrogens with one attached hydrogen (secondary N) is 1. The second-order valence-corrected chi connectivity index (χ2v) is 9.81. The molecule has 0 atom stereocenters. The highest BCUT2D eigenvalue weighted by atomic mass is 32.2. The Kier molecular flexibility index (Phi) is 6.82. The summed E-state index contributed by atoms with van der Waals surface area (Å²) in [5.74, 6) is -1.89. The molecular weight excluding hydrogens is 486 g/mol. The van der Waals surface area contributed by atoms with Crippen LogP contribution in [0.3, 0.4) is 0 Å². The number of hydrogen-bond donors (Lipinski definition) is 1. The molecule has 1 aliphatic rings. The fourth-order valence-corrected chi connectivity index (χ4v) is 5.30. The predicted octanol–water partition coefficient (Wildman–Crippen LogP) is 4.61. The molecule has 0 saturated carbocycles. The number of hydrogen-bond acceptors (Lipinski definition) is 4. The van der Waals surface area contributed by atoms with E-state index >= 15 is 0 Å². The standard InChI is InChI=1S/C24H21F4N3O3S/c25-21-10-9-17(23(32)29-19-6-4-5-18(16-19)24(26,27)28)15-22(21)35(33,34)31-13-11-30(12-14-31)20-7-2-1-3-8-20/h1-10,15-16H,11-14H2,(H,29,32). The summed E-state index contributed by atoms with van der Waals surface area (Å²) in [6.45, 7) is 1.05. The Hall–Kier alpha value is -3.44. The lowest BCUT2D eigenvalue weighted by atomic mass is 10.1.